The predicted molar refractivity (Wildman–Crippen MR) is 53.2 cm³/mol. The van der Waals surface area contributed by atoms with Crippen LogP contribution in [0.25, 0.3) is 0 Å². The van der Waals surface area contributed by atoms with Crippen LogP contribution in [0.5, 0.6) is 0 Å². The van der Waals surface area contributed by atoms with E-state index in [1.807, 2.05) is 30.7 Å². The molecule has 0 bridgehead atoms. The Kier molecular flexibility index (Phi) is 27.7. The largest absolute Gasteiger partial charge is 3.00 e. The quantitative estimate of drug-likeness (QED) is 0.297. The van der Waals surface area contributed by atoms with Crippen LogP contribution in [0.4, 0.5) is 0 Å². The zero-order valence-corrected chi connectivity index (χ0v) is 12.6. The Morgan fingerprint density at radius 1 is 1.24 bits per heavy atom. The third-order valence-corrected chi connectivity index (χ3v) is 1.22. The molecule has 0 aliphatic heterocycles. The van der Waals surface area contributed by atoms with Crippen molar-refractivity contribution in [3.8, 4) is 0 Å². The van der Waals surface area contributed by atoms with Crippen molar-refractivity contribution in [2.24, 2.45) is 0 Å². The van der Waals surface area contributed by atoms with Crippen LogP contribution in [0.1, 0.15) is 6.92 Å². The van der Waals surface area contributed by atoms with Crippen LogP contribution in [0.2, 0.25) is 0 Å². The van der Waals surface area contributed by atoms with Gasteiger partial charge in [0.1, 0.15) is 0 Å². The monoisotopic (exact) mass is 312 g/mol. The van der Waals surface area contributed by atoms with E-state index in [4.69, 9.17) is 0 Å². The molecule has 1 aliphatic rings. The molecule has 3 nitrogen and oxygen atoms in total. The Morgan fingerprint density at radius 2 is 1.71 bits per heavy atom. The van der Waals surface area contributed by atoms with Gasteiger partial charge in [-0.25, -0.2) is 4.79 Å². The second-order valence-electron chi connectivity index (χ2n) is 2.58. The summed E-state index contributed by atoms with van der Waals surface area (Å²) in [6.07, 6.45) is 10.0. The van der Waals surface area contributed by atoms with E-state index in [9.17, 15) is 9.90 Å². The topological polar surface area (TPSA) is 49.4 Å². The second-order valence-corrected chi connectivity index (χ2v) is 2.58. The van der Waals surface area contributed by atoms with Gasteiger partial charge in [-0.15, -0.1) is 6.61 Å². The van der Waals surface area contributed by atoms with Gasteiger partial charge in [0.05, 0.1) is 6.61 Å². The summed E-state index contributed by atoms with van der Waals surface area (Å²) in [4.78, 5) is 10.4. The Balaban J connectivity index is -0.0000000921. The zero-order valence-electron chi connectivity index (χ0n) is 9.49. The summed E-state index contributed by atoms with van der Waals surface area (Å²) in [7, 11) is 0. The van der Waals surface area contributed by atoms with Gasteiger partial charge in [-0.1, -0.05) is 30.9 Å². The van der Waals surface area contributed by atoms with Crippen LogP contribution in [-0.2, 0) is 31.2 Å². The third-order valence-electron chi connectivity index (χ3n) is 1.22. The van der Waals surface area contributed by atoms with E-state index in [-0.39, 0.29) is 59.7 Å². The summed E-state index contributed by atoms with van der Waals surface area (Å²) < 4.78 is 4.40. The second kappa shape index (κ2) is 18.3. The van der Waals surface area contributed by atoms with Crippen LogP contribution in [0.3, 0.4) is 0 Å². The molecule has 6 heteroatoms. The molecule has 0 saturated heterocycles. The first-order valence-electron chi connectivity index (χ1n) is 4.26. The van der Waals surface area contributed by atoms with Crippen molar-refractivity contribution in [3.63, 3.8) is 0 Å². The standard InChI is InChI=1S/C6H9O3.C5H5.2ClH.Ti/c1-5(2)6(8)9-4-3-7;1-2-4-5-3-1;;;/h1,3-4H2,2H3;1-5H;2*1H;/q-1;;;;+3/p-2. The first-order valence-corrected chi connectivity index (χ1v) is 4.26. The molecule has 0 heterocycles. The molecular weight excluding hydrogens is 299 g/mol. The number of hydrogen-bond donors (Lipinski definition) is 0. The predicted octanol–water partition coefficient (Wildman–Crippen LogP) is -5.21. The number of allylic oxidation sites excluding steroid dienone is 4. The van der Waals surface area contributed by atoms with Gasteiger partial charge in [0, 0.05) is 12.0 Å². The van der Waals surface area contributed by atoms with Gasteiger partial charge in [-0.2, -0.15) is 0 Å². The summed E-state index contributed by atoms with van der Waals surface area (Å²) in [5.74, 6) is -0.495. The Morgan fingerprint density at radius 3 is 1.94 bits per heavy atom. The fourth-order valence-corrected chi connectivity index (χ4v) is 0.578. The van der Waals surface area contributed by atoms with Gasteiger partial charge < -0.3 is 34.7 Å². The summed E-state index contributed by atoms with van der Waals surface area (Å²) in [5.41, 5.74) is 0.323. The van der Waals surface area contributed by atoms with Crippen molar-refractivity contribution in [2.75, 3.05) is 13.2 Å². The number of carbonyl (C=O) groups excluding carboxylic acids is 1. The molecule has 0 aromatic rings. The third kappa shape index (κ3) is 18.5. The van der Waals surface area contributed by atoms with Crippen molar-refractivity contribution in [2.45, 2.75) is 6.92 Å². The number of ether oxygens (including phenoxy) is 1. The molecule has 0 N–H and O–H groups in total. The molecular formula is C11H14Cl2O3Ti. The average Bonchev–Trinajstić information content (AvgIpc) is 2.71. The molecule has 0 aromatic carbocycles. The fraction of sp³-hybridized carbons (Fsp3) is 0.273. The fourth-order valence-electron chi connectivity index (χ4n) is 0.578. The van der Waals surface area contributed by atoms with Gasteiger partial charge in [0.15, 0.2) is 0 Å². The summed E-state index contributed by atoms with van der Waals surface area (Å²) in [6, 6.07) is 0. The molecule has 0 saturated carbocycles. The van der Waals surface area contributed by atoms with E-state index < -0.39 is 5.97 Å². The molecule has 2 radical (unpaired) electrons. The van der Waals surface area contributed by atoms with Crippen LogP contribution in [0, 0.1) is 6.42 Å². The summed E-state index contributed by atoms with van der Waals surface area (Å²) >= 11 is 0. The minimum Gasteiger partial charge on any atom is -1.00 e. The minimum atomic E-state index is -0.495. The van der Waals surface area contributed by atoms with E-state index in [2.05, 4.69) is 11.3 Å². The normalized spacial score (nSPS) is 9.76. The maximum atomic E-state index is 10.4. The molecule has 0 fully saturated rings. The smallest absolute Gasteiger partial charge is 1.00 e. The molecule has 0 spiro atoms. The molecule has 17 heavy (non-hydrogen) atoms. The number of carbonyl (C=O) groups is 1. The number of esters is 1. The zero-order chi connectivity index (χ0) is 10.8. The van der Waals surface area contributed by atoms with Crippen LogP contribution in [-0.4, -0.2) is 19.2 Å². The number of halogens is 2. The molecule has 94 valence electrons. The maximum Gasteiger partial charge on any atom is 3.00 e. The Bertz CT molecular complexity index is 243. The van der Waals surface area contributed by atoms with E-state index in [0.29, 0.717) is 5.57 Å². The Labute approximate surface area is 130 Å². The van der Waals surface area contributed by atoms with Gasteiger partial charge in [0.25, 0.3) is 0 Å². The molecule has 0 aromatic heterocycles. The van der Waals surface area contributed by atoms with Crippen LogP contribution < -0.4 is 29.9 Å². The van der Waals surface area contributed by atoms with E-state index in [1.165, 1.54) is 6.92 Å². The molecule has 0 unspecified atom stereocenters. The average molecular weight is 313 g/mol. The maximum absolute atomic E-state index is 10.4. The molecule has 1 aliphatic carbocycles. The molecule has 0 amide bonds. The van der Waals surface area contributed by atoms with Crippen molar-refractivity contribution in [1.29, 1.82) is 0 Å². The van der Waals surface area contributed by atoms with E-state index >= 15 is 0 Å². The van der Waals surface area contributed by atoms with Gasteiger partial charge in [-0.3, -0.25) is 0 Å². The minimum absolute atomic E-state index is 0. The van der Waals surface area contributed by atoms with Crippen LogP contribution >= 0.6 is 0 Å². The van der Waals surface area contributed by atoms with Crippen molar-refractivity contribution >= 4 is 5.97 Å². The summed E-state index contributed by atoms with van der Waals surface area (Å²) in [5, 5.41) is 9.75. The van der Waals surface area contributed by atoms with Crippen LogP contribution in [0.15, 0.2) is 36.5 Å². The van der Waals surface area contributed by atoms with E-state index in [0.717, 1.165) is 0 Å². The number of rotatable bonds is 3. The molecule has 0 atom stereocenters. The van der Waals surface area contributed by atoms with Crippen molar-refractivity contribution in [1.82, 2.24) is 0 Å². The number of hydrogen-bond acceptors (Lipinski definition) is 3. The summed E-state index contributed by atoms with van der Waals surface area (Å²) in [6.45, 7) is 4.41. The van der Waals surface area contributed by atoms with Gasteiger partial charge >= 0.3 is 27.7 Å². The first kappa shape index (κ1) is 25.7. The first-order chi connectivity index (χ1) is 6.68. The van der Waals surface area contributed by atoms with Gasteiger partial charge in [-0.05, 0) is 6.92 Å². The Hall–Kier alpha value is -0.0557. The van der Waals surface area contributed by atoms with Crippen molar-refractivity contribution < 1.29 is 61.2 Å². The SMILES string of the molecule is C=C(C)C(=O)OCC[O-].[CH]1C=CC=C1.[Cl-].[Cl-].[Ti+3]. The molecule has 1 rings (SSSR count). The van der Waals surface area contributed by atoms with Gasteiger partial charge in [0.2, 0.25) is 0 Å². The van der Waals surface area contributed by atoms with E-state index in [1.54, 1.807) is 0 Å². The van der Waals surface area contributed by atoms with Crippen molar-refractivity contribution in [3.05, 3.63) is 42.9 Å².